The van der Waals surface area contributed by atoms with Gasteiger partial charge in [-0.2, -0.15) is 0 Å². The van der Waals surface area contributed by atoms with Crippen molar-refractivity contribution in [1.82, 2.24) is 5.32 Å². The first-order chi connectivity index (χ1) is 10.1. The van der Waals surface area contributed by atoms with E-state index >= 15 is 0 Å². The van der Waals surface area contributed by atoms with Crippen LogP contribution in [0.25, 0.3) is 0 Å². The van der Waals surface area contributed by atoms with Gasteiger partial charge in [-0.1, -0.05) is 24.6 Å². The zero-order valence-electron chi connectivity index (χ0n) is 13.0. The second kappa shape index (κ2) is 7.78. The third-order valence-electron chi connectivity index (χ3n) is 4.23. The van der Waals surface area contributed by atoms with E-state index in [1.54, 1.807) is 0 Å². The maximum absolute atomic E-state index is 9.98. The highest BCUT2D eigenvalue weighted by Crippen LogP contribution is 2.24. The highest BCUT2D eigenvalue weighted by atomic mass is 16.5. The number of aliphatic hydroxyl groups is 2. The molecule has 118 valence electrons. The van der Waals surface area contributed by atoms with Crippen LogP contribution in [-0.4, -0.2) is 42.1 Å². The lowest BCUT2D eigenvalue weighted by molar-refractivity contribution is 0.0975. The summed E-state index contributed by atoms with van der Waals surface area (Å²) in [6, 6.07) is 6.02. The molecular weight excluding hydrogens is 266 g/mol. The fourth-order valence-corrected chi connectivity index (χ4v) is 2.96. The summed E-state index contributed by atoms with van der Waals surface area (Å²) in [6.07, 6.45) is 2.36. The Balaban J connectivity index is 1.69. The van der Waals surface area contributed by atoms with Crippen LogP contribution >= 0.6 is 0 Å². The van der Waals surface area contributed by atoms with Crippen molar-refractivity contribution in [1.29, 1.82) is 0 Å². The molecule has 0 radical (unpaired) electrons. The molecule has 0 heterocycles. The summed E-state index contributed by atoms with van der Waals surface area (Å²) in [4.78, 5) is 0. The molecule has 2 rings (SSSR count). The summed E-state index contributed by atoms with van der Waals surface area (Å²) in [5.41, 5.74) is 2.17. The normalized spacial score (nSPS) is 23.2. The molecular formula is C17H27NO3. The van der Waals surface area contributed by atoms with Crippen LogP contribution in [0.4, 0.5) is 0 Å². The molecule has 4 nitrogen and oxygen atoms in total. The SMILES string of the molecule is Cc1cccc(C)c1OCC(O)CNCC1CCCC1O. The lowest BCUT2D eigenvalue weighted by Gasteiger charge is -2.18. The van der Waals surface area contributed by atoms with Crippen LogP contribution in [0.5, 0.6) is 5.75 Å². The van der Waals surface area contributed by atoms with Gasteiger partial charge in [-0.3, -0.25) is 0 Å². The summed E-state index contributed by atoms with van der Waals surface area (Å²) < 4.78 is 5.73. The van der Waals surface area contributed by atoms with E-state index in [2.05, 4.69) is 5.32 Å². The van der Waals surface area contributed by atoms with Gasteiger partial charge in [0.1, 0.15) is 18.5 Å². The van der Waals surface area contributed by atoms with E-state index in [0.717, 1.165) is 42.7 Å². The Kier molecular flexibility index (Phi) is 6.03. The zero-order chi connectivity index (χ0) is 15.2. The minimum absolute atomic E-state index is 0.180. The molecule has 0 aliphatic heterocycles. The van der Waals surface area contributed by atoms with Gasteiger partial charge >= 0.3 is 0 Å². The molecule has 1 aromatic rings. The summed E-state index contributed by atoms with van der Waals surface area (Å²) >= 11 is 0. The highest BCUT2D eigenvalue weighted by Gasteiger charge is 2.24. The number of ether oxygens (including phenoxy) is 1. The van der Waals surface area contributed by atoms with Crippen LogP contribution in [-0.2, 0) is 0 Å². The molecule has 3 N–H and O–H groups in total. The Morgan fingerprint density at radius 2 is 2.00 bits per heavy atom. The van der Waals surface area contributed by atoms with Gasteiger partial charge in [0.2, 0.25) is 0 Å². The van der Waals surface area contributed by atoms with E-state index in [9.17, 15) is 10.2 Å². The maximum Gasteiger partial charge on any atom is 0.125 e. The smallest absolute Gasteiger partial charge is 0.125 e. The Morgan fingerprint density at radius 1 is 1.29 bits per heavy atom. The van der Waals surface area contributed by atoms with Crippen LogP contribution < -0.4 is 10.1 Å². The Labute approximate surface area is 127 Å². The van der Waals surface area contributed by atoms with Crippen LogP contribution in [0.1, 0.15) is 30.4 Å². The number of nitrogens with one attached hydrogen (secondary N) is 1. The summed E-state index contributed by atoms with van der Waals surface area (Å²) in [6.45, 7) is 5.56. The standard InChI is InChI=1S/C17H27NO3/c1-12-5-3-6-13(2)17(12)21-11-15(19)10-18-9-14-7-4-8-16(14)20/h3,5-6,14-16,18-20H,4,7-11H2,1-2H3. The van der Waals surface area contributed by atoms with E-state index in [1.165, 1.54) is 0 Å². The highest BCUT2D eigenvalue weighted by molar-refractivity contribution is 5.39. The molecule has 1 aliphatic rings. The number of benzene rings is 1. The molecule has 0 amide bonds. The second-order valence-corrected chi connectivity index (χ2v) is 6.10. The van der Waals surface area contributed by atoms with Gasteiger partial charge in [0.05, 0.1) is 6.10 Å². The molecule has 1 saturated carbocycles. The predicted octanol–water partition coefficient (Wildman–Crippen LogP) is 1.79. The van der Waals surface area contributed by atoms with Crippen LogP contribution in [0.15, 0.2) is 18.2 Å². The second-order valence-electron chi connectivity index (χ2n) is 6.10. The van der Waals surface area contributed by atoms with E-state index in [1.807, 2.05) is 32.0 Å². The summed E-state index contributed by atoms with van der Waals surface area (Å²) in [7, 11) is 0. The van der Waals surface area contributed by atoms with Crippen molar-refractivity contribution in [3.8, 4) is 5.75 Å². The fraction of sp³-hybridized carbons (Fsp3) is 0.647. The van der Waals surface area contributed by atoms with Crippen LogP contribution in [0, 0.1) is 19.8 Å². The van der Waals surface area contributed by atoms with E-state index < -0.39 is 6.10 Å². The predicted molar refractivity (Wildman–Crippen MR) is 83.6 cm³/mol. The number of hydrogen-bond donors (Lipinski definition) is 3. The molecule has 0 aromatic heterocycles. The van der Waals surface area contributed by atoms with Crippen LogP contribution in [0.2, 0.25) is 0 Å². The van der Waals surface area contributed by atoms with Crippen molar-refractivity contribution in [2.75, 3.05) is 19.7 Å². The molecule has 1 aliphatic carbocycles. The molecule has 0 saturated heterocycles. The van der Waals surface area contributed by atoms with Gasteiger partial charge in [0, 0.05) is 13.1 Å². The van der Waals surface area contributed by atoms with Gasteiger partial charge in [-0.15, -0.1) is 0 Å². The van der Waals surface area contributed by atoms with Gasteiger partial charge in [-0.05, 0) is 43.7 Å². The Bertz CT molecular complexity index is 429. The third-order valence-corrected chi connectivity index (χ3v) is 4.23. The molecule has 1 fully saturated rings. The first-order valence-electron chi connectivity index (χ1n) is 7.83. The van der Waals surface area contributed by atoms with Gasteiger partial charge in [-0.25, -0.2) is 0 Å². The van der Waals surface area contributed by atoms with E-state index in [4.69, 9.17) is 4.74 Å². The zero-order valence-corrected chi connectivity index (χ0v) is 13.0. The van der Waals surface area contributed by atoms with Crippen molar-refractivity contribution >= 4 is 0 Å². The van der Waals surface area contributed by atoms with E-state index in [-0.39, 0.29) is 12.7 Å². The van der Waals surface area contributed by atoms with E-state index in [0.29, 0.717) is 12.5 Å². The molecule has 4 heteroatoms. The lowest BCUT2D eigenvalue weighted by atomic mass is 10.1. The third kappa shape index (κ3) is 4.70. The molecule has 0 bridgehead atoms. The molecule has 3 atom stereocenters. The first kappa shape index (κ1) is 16.3. The largest absolute Gasteiger partial charge is 0.490 e. The van der Waals surface area contributed by atoms with Gasteiger partial charge < -0.3 is 20.3 Å². The van der Waals surface area contributed by atoms with Crippen LogP contribution in [0.3, 0.4) is 0 Å². The van der Waals surface area contributed by atoms with Crippen molar-refractivity contribution in [3.05, 3.63) is 29.3 Å². The maximum atomic E-state index is 9.98. The number of para-hydroxylation sites is 1. The summed E-state index contributed by atoms with van der Waals surface area (Å²) in [5, 5.41) is 23.0. The first-order valence-corrected chi connectivity index (χ1v) is 7.83. The molecule has 1 aromatic carbocycles. The monoisotopic (exact) mass is 293 g/mol. The van der Waals surface area contributed by atoms with Gasteiger partial charge in [0.25, 0.3) is 0 Å². The van der Waals surface area contributed by atoms with Gasteiger partial charge in [0.15, 0.2) is 0 Å². The quantitative estimate of drug-likeness (QED) is 0.717. The average Bonchev–Trinajstić information content (AvgIpc) is 2.84. The lowest BCUT2D eigenvalue weighted by Crippen LogP contribution is -2.36. The number of aliphatic hydroxyl groups excluding tert-OH is 2. The minimum atomic E-state index is -0.539. The Morgan fingerprint density at radius 3 is 2.62 bits per heavy atom. The molecule has 21 heavy (non-hydrogen) atoms. The minimum Gasteiger partial charge on any atom is -0.490 e. The van der Waals surface area contributed by atoms with Crippen molar-refractivity contribution in [3.63, 3.8) is 0 Å². The van der Waals surface area contributed by atoms with Crippen molar-refractivity contribution in [2.45, 2.75) is 45.3 Å². The van der Waals surface area contributed by atoms with Crippen molar-refractivity contribution in [2.24, 2.45) is 5.92 Å². The molecule has 0 spiro atoms. The Hall–Kier alpha value is -1.10. The number of aryl methyl sites for hydroxylation is 2. The number of hydrogen-bond acceptors (Lipinski definition) is 4. The summed E-state index contributed by atoms with van der Waals surface area (Å²) in [5.74, 6) is 1.19. The average molecular weight is 293 g/mol. The van der Waals surface area contributed by atoms with Crippen molar-refractivity contribution < 1.29 is 14.9 Å². The number of rotatable bonds is 7. The fourth-order valence-electron chi connectivity index (χ4n) is 2.96. The molecule has 3 unspecified atom stereocenters. The topological polar surface area (TPSA) is 61.7 Å².